The molecule has 3 nitrogen and oxygen atoms in total. The summed E-state index contributed by atoms with van der Waals surface area (Å²) in [5.41, 5.74) is 2.44. The second-order valence-corrected chi connectivity index (χ2v) is 4.44. The molecule has 19 heavy (non-hydrogen) atoms. The Morgan fingerprint density at radius 2 is 1.53 bits per heavy atom. The van der Waals surface area contributed by atoms with Crippen LogP contribution in [-0.4, -0.2) is 28.9 Å². The van der Waals surface area contributed by atoms with Gasteiger partial charge < -0.3 is 9.30 Å². The third-order valence-electron chi connectivity index (χ3n) is 3.33. The molecule has 0 spiro atoms. The van der Waals surface area contributed by atoms with Crippen LogP contribution in [0.4, 0.5) is 0 Å². The lowest BCUT2D eigenvalue weighted by molar-refractivity contribution is 0.163. The van der Waals surface area contributed by atoms with Gasteiger partial charge in [0.2, 0.25) is 0 Å². The van der Waals surface area contributed by atoms with E-state index in [1.165, 1.54) is 21.8 Å². The van der Waals surface area contributed by atoms with Crippen LogP contribution in [0.3, 0.4) is 0 Å². The van der Waals surface area contributed by atoms with Gasteiger partial charge >= 0.3 is 6.29 Å². The van der Waals surface area contributed by atoms with Gasteiger partial charge in [-0.25, -0.2) is 0 Å². The predicted octanol–water partition coefficient (Wildman–Crippen LogP) is 2.99. The Balaban J connectivity index is 2.06. The van der Waals surface area contributed by atoms with E-state index in [9.17, 15) is 0 Å². The molecule has 0 radical (unpaired) electrons. The lowest BCUT2D eigenvalue weighted by atomic mass is 10.2. The highest BCUT2D eigenvalue weighted by molar-refractivity contribution is 6.07. The maximum atomic E-state index is 8.61. The van der Waals surface area contributed by atoms with Crippen LogP contribution in [0.15, 0.2) is 48.5 Å². The summed E-state index contributed by atoms with van der Waals surface area (Å²) in [5.74, 6) is 0. The Kier molecular flexibility index (Phi) is 3.29. The van der Waals surface area contributed by atoms with Crippen LogP contribution in [0, 0.1) is 0 Å². The molecule has 1 heterocycles. The topological polar surface area (TPSA) is 35.6 Å². The van der Waals surface area contributed by atoms with Crippen LogP contribution in [0.1, 0.15) is 0 Å². The van der Waals surface area contributed by atoms with Crippen molar-refractivity contribution in [1.29, 1.82) is 0 Å². The number of nitrogens with zero attached hydrogens (tertiary/aromatic N) is 1. The summed E-state index contributed by atoms with van der Waals surface area (Å²) < 4.78 is 7.59. The third-order valence-corrected chi connectivity index (χ3v) is 3.33. The quantitative estimate of drug-likeness (QED) is 0.391. The number of carbonyl (C=O) groups excluding carboxylic acids is 1. The highest BCUT2D eigenvalue weighted by Gasteiger charge is 2.08. The minimum atomic E-state index is 0.275. The first-order chi connectivity index (χ1) is 9.42. The zero-order valence-corrected chi connectivity index (χ0v) is 10.6. The molecule has 1 aromatic heterocycles. The molecule has 0 saturated carbocycles. The summed E-state index contributed by atoms with van der Waals surface area (Å²) in [7, 11) is 0. The number of benzene rings is 2. The van der Waals surface area contributed by atoms with Gasteiger partial charge in [0.15, 0.2) is 6.61 Å². The van der Waals surface area contributed by atoms with Crippen molar-refractivity contribution in [3.63, 3.8) is 0 Å². The average molecular weight is 254 g/mol. The van der Waals surface area contributed by atoms with Gasteiger partial charge in [-0.1, -0.05) is 36.4 Å². The number of aldehydes is 1. The molecule has 2 aromatic carbocycles. The summed E-state index contributed by atoms with van der Waals surface area (Å²) in [6, 6.07) is 16.8. The van der Waals surface area contributed by atoms with Crippen LogP contribution >= 0.6 is 0 Å². The molecule has 0 fully saturated rings. The Morgan fingerprint density at radius 3 is 2.11 bits per heavy atom. The van der Waals surface area contributed by atoms with E-state index in [2.05, 4.69) is 53.1 Å². The first-order valence-corrected chi connectivity index (χ1v) is 6.41. The van der Waals surface area contributed by atoms with E-state index in [0.717, 1.165) is 12.8 Å². The minimum absolute atomic E-state index is 0.275. The second kappa shape index (κ2) is 5.24. The summed E-state index contributed by atoms with van der Waals surface area (Å²) in [6.07, 6.45) is 1.03. The van der Waals surface area contributed by atoms with Gasteiger partial charge in [0, 0.05) is 28.4 Å². The van der Waals surface area contributed by atoms with Crippen LogP contribution in [0.2, 0.25) is 0 Å². The summed E-state index contributed by atoms with van der Waals surface area (Å²) in [6.45, 7) is 1.64. The summed E-state index contributed by atoms with van der Waals surface area (Å²) >= 11 is 0. The Bertz CT molecular complexity index is 662. The largest absolute Gasteiger partial charge is 0.366 e. The number of para-hydroxylation sites is 2. The van der Waals surface area contributed by atoms with Gasteiger partial charge in [-0.2, -0.15) is 0 Å². The lowest BCUT2D eigenvalue weighted by Gasteiger charge is -2.06. The van der Waals surface area contributed by atoms with Crippen molar-refractivity contribution in [3.8, 4) is 0 Å². The van der Waals surface area contributed by atoms with Gasteiger partial charge in [0.05, 0.1) is 6.61 Å². The molecule has 3 rings (SSSR count). The SMILES string of the molecule is [OH+]=CCOCCn1c2ccccc2c2ccccc21. The zero-order valence-electron chi connectivity index (χ0n) is 10.6. The molecular weight excluding hydrogens is 238 g/mol. The maximum absolute atomic E-state index is 8.61. The molecule has 0 unspecified atom stereocenters. The first kappa shape index (κ1) is 11.9. The van der Waals surface area contributed by atoms with Crippen LogP contribution in [0.25, 0.3) is 21.8 Å². The molecule has 0 bridgehead atoms. The molecule has 3 aromatic rings. The lowest BCUT2D eigenvalue weighted by Crippen LogP contribution is -2.07. The smallest absolute Gasteiger partial charge is 0.307 e. The fourth-order valence-electron chi connectivity index (χ4n) is 2.54. The van der Waals surface area contributed by atoms with Crippen LogP contribution < -0.4 is 0 Å². The fraction of sp³-hybridized carbons (Fsp3) is 0.188. The second-order valence-electron chi connectivity index (χ2n) is 4.44. The predicted molar refractivity (Wildman–Crippen MR) is 78.3 cm³/mol. The highest BCUT2D eigenvalue weighted by atomic mass is 16.5. The molecular formula is C16H16NO2+. The monoisotopic (exact) mass is 254 g/mol. The standard InChI is InChI=1S/C16H15NO2/c18-10-12-19-11-9-17-15-7-3-1-5-13(15)14-6-2-4-8-16(14)17/h1-8,10H,9,11-12H2/p+1. The highest BCUT2D eigenvalue weighted by Crippen LogP contribution is 2.28. The van der Waals surface area contributed by atoms with E-state index >= 15 is 0 Å². The number of fused-ring (bicyclic) bond motifs is 3. The Hall–Kier alpha value is -2.13. The number of aromatic nitrogens is 1. The van der Waals surface area contributed by atoms with Crippen molar-refractivity contribution in [2.24, 2.45) is 0 Å². The molecule has 0 aliphatic carbocycles. The van der Waals surface area contributed by atoms with Crippen molar-refractivity contribution in [2.45, 2.75) is 6.54 Å². The van der Waals surface area contributed by atoms with Crippen molar-refractivity contribution in [3.05, 3.63) is 48.5 Å². The number of hydrogen-bond donors (Lipinski definition) is 0. The zero-order chi connectivity index (χ0) is 13.1. The normalized spacial score (nSPS) is 11.2. The van der Waals surface area contributed by atoms with E-state index in [-0.39, 0.29) is 6.61 Å². The van der Waals surface area contributed by atoms with E-state index in [1.54, 1.807) is 0 Å². The van der Waals surface area contributed by atoms with Crippen molar-refractivity contribution < 1.29 is 9.53 Å². The molecule has 0 atom stereocenters. The molecule has 0 saturated heterocycles. The summed E-state index contributed by atoms with van der Waals surface area (Å²) in [5, 5.41) is 2.54. The Morgan fingerprint density at radius 1 is 0.947 bits per heavy atom. The van der Waals surface area contributed by atoms with Crippen LogP contribution in [-0.2, 0) is 11.3 Å². The molecule has 1 N–H and O–H groups in total. The Labute approximate surface area is 111 Å². The first-order valence-electron chi connectivity index (χ1n) is 6.41. The van der Waals surface area contributed by atoms with E-state index in [4.69, 9.17) is 9.53 Å². The third kappa shape index (κ3) is 2.13. The van der Waals surface area contributed by atoms with Gasteiger partial charge in [0.25, 0.3) is 0 Å². The van der Waals surface area contributed by atoms with Crippen molar-refractivity contribution in [1.82, 2.24) is 4.57 Å². The average Bonchev–Trinajstić information content (AvgIpc) is 2.78. The molecule has 0 aliphatic rings. The fourth-order valence-corrected chi connectivity index (χ4v) is 2.54. The van der Waals surface area contributed by atoms with Gasteiger partial charge in [-0.3, -0.25) is 4.79 Å². The number of hydrogen-bond acceptors (Lipinski definition) is 1. The van der Waals surface area contributed by atoms with Gasteiger partial charge in [0.1, 0.15) is 0 Å². The van der Waals surface area contributed by atoms with Gasteiger partial charge in [-0.05, 0) is 12.1 Å². The molecule has 0 aliphatic heterocycles. The molecule has 0 amide bonds. The maximum Gasteiger partial charge on any atom is 0.307 e. The van der Waals surface area contributed by atoms with E-state index in [1.807, 2.05) is 0 Å². The summed E-state index contributed by atoms with van der Waals surface area (Å²) in [4.78, 5) is 8.61. The van der Waals surface area contributed by atoms with Crippen molar-refractivity contribution in [2.75, 3.05) is 13.2 Å². The molecule has 96 valence electrons. The van der Waals surface area contributed by atoms with Crippen molar-refractivity contribution >= 4 is 28.1 Å². The van der Waals surface area contributed by atoms with E-state index < -0.39 is 0 Å². The molecule has 3 heteroatoms. The van der Waals surface area contributed by atoms with Gasteiger partial charge in [-0.15, -0.1) is 0 Å². The van der Waals surface area contributed by atoms with E-state index in [0.29, 0.717) is 6.61 Å². The van der Waals surface area contributed by atoms with Crippen LogP contribution in [0.5, 0.6) is 0 Å². The number of ether oxygens (including phenoxy) is 1. The number of rotatable bonds is 5. The minimum Gasteiger partial charge on any atom is -0.366 e.